The average Bonchev–Trinajstić information content (AvgIpc) is 3.16. The van der Waals surface area contributed by atoms with Crippen LogP contribution < -0.4 is 10.6 Å². The molecule has 8 heteroatoms. The van der Waals surface area contributed by atoms with Gasteiger partial charge in [-0.15, -0.1) is 0 Å². The fraction of sp³-hybridized carbons (Fsp3) is 0.190. The molecule has 1 aromatic heterocycles. The number of rotatable bonds is 6. The molecule has 3 rings (SSSR count). The summed E-state index contributed by atoms with van der Waals surface area (Å²) < 4.78 is 18.4. The first-order valence-electron chi connectivity index (χ1n) is 8.83. The van der Waals surface area contributed by atoms with Gasteiger partial charge >= 0.3 is 0 Å². The van der Waals surface area contributed by atoms with Crippen molar-refractivity contribution in [2.24, 2.45) is 0 Å². The smallest absolute Gasteiger partial charge is 0.273 e. The Kier molecular flexibility index (Phi) is 5.98. The molecule has 3 aromatic rings. The molecule has 0 unspecified atom stereocenters. The van der Waals surface area contributed by atoms with E-state index in [0.29, 0.717) is 11.3 Å². The van der Waals surface area contributed by atoms with Gasteiger partial charge in [0.1, 0.15) is 5.82 Å². The third-order valence-corrected chi connectivity index (χ3v) is 4.58. The molecule has 0 radical (unpaired) electrons. The minimum absolute atomic E-state index is 0.0671. The number of nitrogens with zero attached hydrogens (tertiary/aromatic N) is 1. The maximum Gasteiger partial charge on any atom is 0.273 e. The van der Waals surface area contributed by atoms with E-state index in [0.717, 1.165) is 5.56 Å². The summed E-state index contributed by atoms with van der Waals surface area (Å²) in [5.74, 6) is -0.984. The van der Waals surface area contributed by atoms with Gasteiger partial charge in [-0.25, -0.2) is 4.39 Å². The molecule has 1 heterocycles. The Morgan fingerprint density at radius 3 is 2.55 bits per heavy atom. The van der Waals surface area contributed by atoms with Crippen molar-refractivity contribution < 1.29 is 18.5 Å². The molecule has 0 atom stereocenters. The molecule has 0 aliphatic heterocycles. The lowest BCUT2D eigenvalue weighted by atomic mass is 9.94. The molecule has 6 nitrogen and oxygen atoms in total. The standard InChI is InChI=1S/C21H19ClFN3O3/c1-21(2,15-9-8-14(23)10-16(15)22)25-19(27)12-24-20(28)17-11-18(29-26-17)13-6-4-3-5-7-13/h3-11H,12H2,1-2H3,(H,24,28)(H,25,27). The van der Waals surface area contributed by atoms with Gasteiger partial charge in [0.25, 0.3) is 5.91 Å². The number of amides is 2. The predicted molar refractivity (Wildman–Crippen MR) is 107 cm³/mol. The van der Waals surface area contributed by atoms with Gasteiger partial charge in [0.05, 0.1) is 12.1 Å². The first kappa shape index (κ1) is 20.5. The number of halogens is 2. The Hall–Kier alpha value is -3.19. The third kappa shape index (κ3) is 5.00. The zero-order valence-electron chi connectivity index (χ0n) is 15.8. The van der Waals surface area contributed by atoms with Crippen molar-refractivity contribution in [2.45, 2.75) is 19.4 Å². The summed E-state index contributed by atoms with van der Waals surface area (Å²) in [5, 5.41) is 9.21. The highest BCUT2D eigenvalue weighted by Gasteiger charge is 2.26. The van der Waals surface area contributed by atoms with Crippen LogP contribution in [-0.4, -0.2) is 23.5 Å². The average molecular weight is 416 g/mol. The van der Waals surface area contributed by atoms with Crippen molar-refractivity contribution in [3.8, 4) is 11.3 Å². The van der Waals surface area contributed by atoms with E-state index in [9.17, 15) is 14.0 Å². The van der Waals surface area contributed by atoms with E-state index in [4.69, 9.17) is 16.1 Å². The SMILES string of the molecule is CC(C)(NC(=O)CNC(=O)c1cc(-c2ccccc2)on1)c1ccc(F)cc1Cl. The van der Waals surface area contributed by atoms with E-state index in [1.807, 2.05) is 30.3 Å². The summed E-state index contributed by atoms with van der Waals surface area (Å²) in [7, 11) is 0. The van der Waals surface area contributed by atoms with Crippen LogP contribution in [-0.2, 0) is 10.3 Å². The van der Waals surface area contributed by atoms with E-state index >= 15 is 0 Å². The topological polar surface area (TPSA) is 84.2 Å². The zero-order valence-corrected chi connectivity index (χ0v) is 16.6. The molecule has 2 aromatic carbocycles. The lowest BCUT2D eigenvalue weighted by Crippen LogP contribution is -2.46. The summed E-state index contributed by atoms with van der Waals surface area (Å²) in [6.07, 6.45) is 0. The maximum atomic E-state index is 13.2. The number of nitrogens with one attached hydrogen (secondary N) is 2. The molecule has 0 saturated heterocycles. The van der Waals surface area contributed by atoms with E-state index in [1.54, 1.807) is 13.8 Å². The number of hydrogen-bond donors (Lipinski definition) is 2. The monoisotopic (exact) mass is 415 g/mol. The van der Waals surface area contributed by atoms with Crippen LogP contribution in [0.5, 0.6) is 0 Å². The third-order valence-electron chi connectivity index (χ3n) is 4.27. The molecule has 0 spiro atoms. The molecule has 0 saturated carbocycles. The van der Waals surface area contributed by atoms with Crippen molar-refractivity contribution in [1.29, 1.82) is 0 Å². The molecule has 2 N–H and O–H groups in total. The molecule has 29 heavy (non-hydrogen) atoms. The van der Waals surface area contributed by atoms with Gasteiger partial charge in [-0.2, -0.15) is 0 Å². The summed E-state index contributed by atoms with van der Waals surface area (Å²) in [6.45, 7) is 3.19. The Labute approximate surface area is 172 Å². The summed E-state index contributed by atoms with van der Waals surface area (Å²) in [6, 6.07) is 14.7. The second kappa shape index (κ2) is 8.45. The van der Waals surface area contributed by atoms with Gasteiger partial charge in [-0.1, -0.05) is 53.2 Å². The van der Waals surface area contributed by atoms with E-state index in [2.05, 4.69) is 15.8 Å². The maximum absolute atomic E-state index is 13.2. The Morgan fingerprint density at radius 2 is 1.86 bits per heavy atom. The van der Waals surface area contributed by atoms with Crippen LogP contribution in [0, 0.1) is 5.82 Å². The van der Waals surface area contributed by atoms with Gasteiger partial charge in [0.15, 0.2) is 11.5 Å². The fourth-order valence-corrected chi connectivity index (χ4v) is 3.23. The quantitative estimate of drug-likeness (QED) is 0.639. The minimum Gasteiger partial charge on any atom is -0.355 e. The first-order chi connectivity index (χ1) is 13.8. The van der Waals surface area contributed by atoms with Crippen LogP contribution in [0.2, 0.25) is 5.02 Å². The second-order valence-electron chi connectivity index (χ2n) is 6.92. The lowest BCUT2D eigenvalue weighted by Gasteiger charge is -2.28. The van der Waals surface area contributed by atoms with Crippen LogP contribution in [0.3, 0.4) is 0 Å². The van der Waals surface area contributed by atoms with Gasteiger partial charge < -0.3 is 15.2 Å². The van der Waals surface area contributed by atoms with Crippen molar-refractivity contribution in [3.63, 3.8) is 0 Å². The van der Waals surface area contributed by atoms with Gasteiger partial charge in [0, 0.05) is 16.7 Å². The van der Waals surface area contributed by atoms with E-state index in [-0.39, 0.29) is 17.3 Å². The molecule has 0 aliphatic carbocycles. The zero-order chi connectivity index (χ0) is 21.0. The number of carbonyl (C=O) groups is 2. The van der Waals surface area contributed by atoms with Crippen molar-refractivity contribution in [1.82, 2.24) is 15.8 Å². The summed E-state index contributed by atoms with van der Waals surface area (Å²) >= 11 is 6.08. The highest BCUT2D eigenvalue weighted by molar-refractivity contribution is 6.31. The number of hydrogen-bond acceptors (Lipinski definition) is 4. The minimum atomic E-state index is -0.860. The molecule has 0 fully saturated rings. The molecular formula is C21H19ClFN3O3. The number of benzene rings is 2. The molecule has 2 amide bonds. The van der Waals surface area contributed by atoms with Crippen LogP contribution >= 0.6 is 11.6 Å². The van der Waals surface area contributed by atoms with Crippen LogP contribution in [0.25, 0.3) is 11.3 Å². The van der Waals surface area contributed by atoms with E-state index in [1.165, 1.54) is 24.3 Å². The van der Waals surface area contributed by atoms with Crippen LogP contribution in [0.15, 0.2) is 59.1 Å². The highest BCUT2D eigenvalue weighted by Crippen LogP contribution is 2.28. The normalized spacial score (nSPS) is 11.2. The molecular weight excluding hydrogens is 397 g/mol. The van der Waals surface area contributed by atoms with E-state index < -0.39 is 23.2 Å². The number of aromatic nitrogens is 1. The van der Waals surface area contributed by atoms with Crippen LogP contribution in [0.1, 0.15) is 29.9 Å². The lowest BCUT2D eigenvalue weighted by molar-refractivity contribution is -0.121. The van der Waals surface area contributed by atoms with Gasteiger partial charge in [-0.05, 0) is 31.5 Å². The Balaban J connectivity index is 1.59. The van der Waals surface area contributed by atoms with Gasteiger partial charge in [0.2, 0.25) is 5.91 Å². The highest BCUT2D eigenvalue weighted by atomic mass is 35.5. The predicted octanol–water partition coefficient (Wildman–Crippen LogP) is 3.92. The van der Waals surface area contributed by atoms with Crippen molar-refractivity contribution >= 4 is 23.4 Å². The number of carbonyl (C=O) groups excluding carboxylic acids is 2. The Morgan fingerprint density at radius 1 is 1.14 bits per heavy atom. The molecule has 150 valence electrons. The Bertz CT molecular complexity index is 1030. The van der Waals surface area contributed by atoms with Crippen molar-refractivity contribution in [2.75, 3.05) is 6.54 Å². The fourth-order valence-electron chi connectivity index (χ4n) is 2.83. The summed E-state index contributed by atoms with van der Waals surface area (Å²) in [4.78, 5) is 24.5. The van der Waals surface area contributed by atoms with Crippen LogP contribution in [0.4, 0.5) is 4.39 Å². The largest absolute Gasteiger partial charge is 0.355 e. The molecule has 0 bridgehead atoms. The molecule has 0 aliphatic rings. The van der Waals surface area contributed by atoms with Crippen molar-refractivity contribution in [3.05, 3.63) is 76.7 Å². The first-order valence-corrected chi connectivity index (χ1v) is 9.21. The summed E-state index contributed by atoms with van der Waals surface area (Å²) in [5.41, 5.74) is 0.553. The second-order valence-corrected chi connectivity index (χ2v) is 7.33. The van der Waals surface area contributed by atoms with Gasteiger partial charge in [-0.3, -0.25) is 9.59 Å².